The number of esters is 1. The van der Waals surface area contributed by atoms with Crippen molar-refractivity contribution >= 4 is 11.9 Å². The van der Waals surface area contributed by atoms with Crippen LogP contribution in [0.15, 0.2) is 11.8 Å². The lowest BCUT2D eigenvalue weighted by Crippen LogP contribution is -2.54. The lowest BCUT2D eigenvalue weighted by Gasteiger charge is -2.58. The van der Waals surface area contributed by atoms with Gasteiger partial charge < -0.3 is 9.64 Å². The van der Waals surface area contributed by atoms with Crippen molar-refractivity contribution < 1.29 is 14.3 Å². The number of allylic oxidation sites excluding steroid dienone is 2. The highest BCUT2D eigenvalue weighted by Gasteiger charge is 2.60. The predicted molar refractivity (Wildman–Crippen MR) is 95.4 cm³/mol. The van der Waals surface area contributed by atoms with E-state index in [0.29, 0.717) is 24.2 Å². The summed E-state index contributed by atoms with van der Waals surface area (Å²) in [4.78, 5) is 25.6. The number of hydrogen-bond acceptors (Lipinski definition) is 3. The molecule has 138 valence electrons. The Kier molecular flexibility index (Phi) is 3.82. The van der Waals surface area contributed by atoms with Crippen molar-refractivity contribution in [2.45, 2.75) is 71.8 Å². The van der Waals surface area contributed by atoms with Crippen LogP contribution in [0.2, 0.25) is 0 Å². The van der Waals surface area contributed by atoms with Crippen molar-refractivity contribution in [1.82, 2.24) is 4.90 Å². The molecule has 1 aliphatic heterocycles. The van der Waals surface area contributed by atoms with Crippen LogP contribution in [0.3, 0.4) is 0 Å². The molecule has 0 aromatic rings. The van der Waals surface area contributed by atoms with Crippen molar-refractivity contribution in [2.24, 2.45) is 28.6 Å². The van der Waals surface area contributed by atoms with Crippen molar-refractivity contribution in [3.05, 3.63) is 11.8 Å². The second kappa shape index (κ2) is 5.59. The third-order valence-corrected chi connectivity index (χ3v) is 8.24. The largest absolute Gasteiger partial charge is 0.462 e. The maximum atomic E-state index is 12.2. The Morgan fingerprint density at radius 2 is 1.96 bits per heavy atom. The maximum Gasteiger partial charge on any atom is 0.302 e. The van der Waals surface area contributed by atoms with Gasteiger partial charge in [-0.15, -0.1) is 0 Å². The third kappa shape index (κ3) is 2.32. The summed E-state index contributed by atoms with van der Waals surface area (Å²) >= 11 is 0. The summed E-state index contributed by atoms with van der Waals surface area (Å²) < 4.78 is 5.72. The first-order valence-electron chi connectivity index (χ1n) is 9.92. The van der Waals surface area contributed by atoms with E-state index in [1.165, 1.54) is 25.5 Å². The summed E-state index contributed by atoms with van der Waals surface area (Å²) in [7, 11) is 1.95. The molecule has 4 rings (SSSR count). The van der Waals surface area contributed by atoms with Gasteiger partial charge in [0, 0.05) is 36.9 Å². The molecular formula is C21H31NO3. The maximum absolute atomic E-state index is 12.2. The Hall–Kier alpha value is -1.32. The van der Waals surface area contributed by atoms with Crippen LogP contribution in [0.1, 0.15) is 65.7 Å². The molecule has 0 aromatic carbocycles. The van der Waals surface area contributed by atoms with Crippen molar-refractivity contribution in [1.29, 1.82) is 0 Å². The van der Waals surface area contributed by atoms with E-state index < -0.39 is 0 Å². The second-order valence-electron chi connectivity index (χ2n) is 9.29. The van der Waals surface area contributed by atoms with Gasteiger partial charge in [0.15, 0.2) is 0 Å². The van der Waals surface area contributed by atoms with Crippen molar-refractivity contribution in [2.75, 3.05) is 7.05 Å². The number of nitrogens with zero attached hydrogens (tertiary/aromatic N) is 1. The first kappa shape index (κ1) is 17.1. The zero-order valence-electron chi connectivity index (χ0n) is 16.0. The van der Waals surface area contributed by atoms with Gasteiger partial charge in [0.25, 0.3) is 0 Å². The van der Waals surface area contributed by atoms with Gasteiger partial charge in [0.1, 0.15) is 6.10 Å². The Morgan fingerprint density at radius 1 is 1.20 bits per heavy atom. The Morgan fingerprint density at radius 3 is 2.68 bits per heavy atom. The van der Waals surface area contributed by atoms with Crippen LogP contribution < -0.4 is 0 Å². The molecule has 0 unspecified atom stereocenters. The molecule has 3 aliphatic carbocycles. The molecule has 4 aliphatic rings. The molecule has 0 bridgehead atoms. The zero-order chi connectivity index (χ0) is 18.0. The summed E-state index contributed by atoms with van der Waals surface area (Å²) in [6.45, 7) is 6.28. The van der Waals surface area contributed by atoms with Crippen LogP contribution in [0, 0.1) is 28.6 Å². The van der Waals surface area contributed by atoms with Crippen LogP contribution in [0.5, 0.6) is 0 Å². The van der Waals surface area contributed by atoms with Gasteiger partial charge in [-0.3, -0.25) is 9.59 Å². The fourth-order valence-corrected chi connectivity index (χ4v) is 6.93. The van der Waals surface area contributed by atoms with Gasteiger partial charge in [-0.2, -0.15) is 0 Å². The summed E-state index contributed by atoms with van der Waals surface area (Å²) in [5, 5.41) is 0. The minimum Gasteiger partial charge on any atom is -0.462 e. The lowest BCUT2D eigenvalue weighted by molar-refractivity contribution is -0.157. The summed E-state index contributed by atoms with van der Waals surface area (Å²) in [6, 6.07) is 0. The smallest absolute Gasteiger partial charge is 0.302 e. The van der Waals surface area contributed by atoms with E-state index >= 15 is 0 Å². The number of rotatable bonds is 1. The third-order valence-electron chi connectivity index (χ3n) is 8.24. The van der Waals surface area contributed by atoms with Crippen LogP contribution in [-0.2, 0) is 14.3 Å². The summed E-state index contributed by atoms with van der Waals surface area (Å²) in [6.07, 6.45) is 9.67. The fraction of sp³-hybridized carbons (Fsp3) is 0.810. The van der Waals surface area contributed by atoms with Gasteiger partial charge in [0.2, 0.25) is 5.91 Å². The lowest BCUT2D eigenvalue weighted by atomic mass is 9.49. The molecule has 4 heteroatoms. The first-order valence-corrected chi connectivity index (χ1v) is 9.92. The Bertz CT molecular complexity index is 641. The number of carbonyl (C=O) groups excluding carboxylic acids is 2. The standard InChI is InChI=1S/C21H31NO3/c1-13(23)25-18-8-6-15-14-5-7-17-20(2,12-10-19(24)22(17)4)16(14)9-11-21(15,18)3/h7,14-16,18H,5-6,8-12H2,1-4H3/t14-,15-,16-,18-,20+,21-/m0/s1. The molecular weight excluding hydrogens is 314 g/mol. The summed E-state index contributed by atoms with van der Waals surface area (Å²) in [5.74, 6) is 2.07. The SMILES string of the molecule is CC(=O)O[C@H]1CC[C@H]2[C@@H]3CC=C4N(C)C(=O)CC[C@]4(C)[C@H]3CC[C@]12C. The zero-order valence-corrected chi connectivity index (χ0v) is 16.0. The van der Waals surface area contributed by atoms with E-state index in [1.807, 2.05) is 11.9 Å². The van der Waals surface area contributed by atoms with Crippen LogP contribution in [0.4, 0.5) is 0 Å². The van der Waals surface area contributed by atoms with E-state index in [9.17, 15) is 9.59 Å². The highest BCUT2D eigenvalue weighted by Crippen LogP contribution is 2.64. The molecule has 0 radical (unpaired) electrons. The molecule has 4 nitrogen and oxygen atoms in total. The van der Waals surface area contributed by atoms with Gasteiger partial charge in [-0.05, 0) is 56.3 Å². The highest BCUT2D eigenvalue weighted by molar-refractivity contribution is 5.79. The minimum atomic E-state index is -0.140. The number of hydrogen-bond donors (Lipinski definition) is 0. The van der Waals surface area contributed by atoms with E-state index in [0.717, 1.165) is 25.7 Å². The molecule has 0 aromatic heterocycles. The fourth-order valence-electron chi connectivity index (χ4n) is 6.93. The average molecular weight is 345 g/mol. The van der Waals surface area contributed by atoms with E-state index in [4.69, 9.17) is 4.74 Å². The van der Waals surface area contributed by atoms with Gasteiger partial charge >= 0.3 is 5.97 Å². The number of ether oxygens (including phenoxy) is 1. The molecule has 6 atom stereocenters. The molecule has 1 heterocycles. The molecule has 1 amide bonds. The van der Waals surface area contributed by atoms with E-state index in [-0.39, 0.29) is 28.8 Å². The average Bonchev–Trinajstić information content (AvgIpc) is 2.88. The number of piperidine rings is 1. The molecule has 1 saturated heterocycles. The number of carbonyl (C=O) groups is 2. The first-order chi connectivity index (χ1) is 11.8. The number of fused-ring (bicyclic) bond motifs is 5. The highest BCUT2D eigenvalue weighted by atomic mass is 16.5. The van der Waals surface area contributed by atoms with Gasteiger partial charge in [0.05, 0.1) is 0 Å². The molecule has 3 fully saturated rings. The van der Waals surface area contributed by atoms with Crippen LogP contribution in [0.25, 0.3) is 0 Å². The van der Waals surface area contributed by atoms with Gasteiger partial charge in [-0.1, -0.05) is 19.9 Å². The predicted octanol–water partition coefficient (Wildman–Crippen LogP) is 3.91. The van der Waals surface area contributed by atoms with Crippen LogP contribution >= 0.6 is 0 Å². The van der Waals surface area contributed by atoms with E-state index in [1.54, 1.807) is 0 Å². The Labute approximate surface area is 151 Å². The van der Waals surface area contributed by atoms with Crippen molar-refractivity contribution in [3.63, 3.8) is 0 Å². The molecule has 0 N–H and O–H groups in total. The second-order valence-corrected chi connectivity index (χ2v) is 9.29. The topological polar surface area (TPSA) is 46.6 Å². The molecule has 0 spiro atoms. The van der Waals surface area contributed by atoms with Gasteiger partial charge in [-0.25, -0.2) is 0 Å². The van der Waals surface area contributed by atoms with Crippen LogP contribution in [-0.4, -0.2) is 29.9 Å². The number of amides is 1. The summed E-state index contributed by atoms with van der Waals surface area (Å²) in [5.41, 5.74) is 1.53. The Balaban J connectivity index is 1.65. The van der Waals surface area contributed by atoms with E-state index in [2.05, 4.69) is 19.9 Å². The number of likely N-dealkylation sites (tertiary alicyclic amines) is 1. The quantitative estimate of drug-likeness (QED) is 0.677. The molecule has 25 heavy (non-hydrogen) atoms. The van der Waals surface area contributed by atoms with Crippen molar-refractivity contribution in [3.8, 4) is 0 Å². The monoisotopic (exact) mass is 345 g/mol. The molecule has 2 saturated carbocycles. The normalized spacial score (nSPS) is 46.0. The minimum absolute atomic E-state index is 0.0877.